The third-order valence-electron chi connectivity index (χ3n) is 3.44. The Bertz CT molecular complexity index is 802. The lowest BCUT2D eigenvalue weighted by atomic mass is 10.1. The highest BCUT2D eigenvalue weighted by atomic mass is 16.6. The highest BCUT2D eigenvalue weighted by Gasteiger charge is 2.21. The average Bonchev–Trinajstić information content (AvgIpc) is 2.60. The van der Waals surface area contributed by atoms with E-state index in [1.54, 1.807) is 30.3 Å². The van der Waals surface area contributed by atoms with Crippen LogP contribution in [0, 0.1) is 16.0 Å². The summed E-state index contributed by atoms with van der Waals surface area (Å²) in [6.07, 6.45) is 0. The number of para-hydroxylation sites is 2. The summed E-state index contributed by atoms with van der Waals surface area (Å²) in [4.78, 5) is 35.2. The van der Waals surface area contributed by atoms with Crippen molar-refractivity contribution in [3.05, 3.63) is 69.8 Å². The van der Waals surface area contributed by atoms with E-state index >= 15 is 0 Å². The van der Waals surface area contributed by atoms with Crippen molar-refractivity contribution in [2.45, 2.75) is 13.8 Å². The van der Waals surface area contributed by atoms with Gasteiger partial charge < -0.3 is 10.6 Å². The van der Waals surface area contributed by atoms with Crippen molar-refractivity contribution in [1.29, 1.82) is 0 Å². The van der Waals surface area contributed by atoms with E-state index in [-0.39, 0.29) is 23.1 Å². The van der Waals surface area contributed by atoms with Gasteiger partial charge in [0.05, 0.1) is 16.2 Å². The number of hydrogen-bond acceptors (Lipinski definition) is 4. The Morgan fingerprint density at radius 1 is 1.00 bits per heavy atom. The van der Waals surface area contributed by atoms with Crippen molar-refractivity contribution < 1.29 is 14.5 Å². The molecule has 2 amide bonds. The molecule has 7 heteroatoms. The predicted molar refractivity (Wildman–Crippen MR) is 94.7 cm³/mol. The van der Waals surface area contributed by atoms with E-state index in [1.807, 2.05) is 13.8 Å². The van der Waals surface area contributed by atoms with E-state index in [4.69, 9.17) is 0 Å². The van der Waals surface area contributed by atoms with Gasteiger partial charge >= 0.3 is 0 Å². The second kappa shape index (κ2) is 8.05. The second-order valence-electron chi connectivity index (χ2n) is 5.88. The first-order valence-corrected chi connectivity index (χ1v) is 7.82. The number of benzene rings is 2. The van der Waals surface area contributed by atoms with Crippen LogP contribution in [0.4, 0.5) is 11.4 Å². The number of rotatable bonds is 6. The summed E-state index contributed by atoms with van der Waals surface area (Å²) in [5.41, 5.74) is 0.244. The van der Waals surface area contributed by atoms with Gasteiger partial charge in [-0.1, -0.05) is 38.1 Å². The van der Waals surface area contributed by atoms with Crippen LogP contribution in [-0.4, -0.2) is 23.3 Å². The molecule has 2 rings (SSSR count). The van der Waals surface area contributed by atoms with Gasteiger partial charge in [0.2, 0.25) is 0 Å². The van der Waals surface area contributed by atoms with Gasteiger partial charge in [0.15, 0.2) is 0 Å². The molecule has 0 radical (unpaired) electrons. The van der Waals surface area contributed by atoms with Crippen LogP contribution >= 0.6 is 0 Å². The number of carbonyl (C=O) groups excluding carboxylic acids is 2. The second-order valence-corrected chi connectivity index (χ2v) is 5.88. The van der Waals surface area contributed by atoms with E-state index in [9.17, 15) is 19.7 Å². The molecule has 0 aliphatic carbocycles. The summed E-state index contributed by atoms with van der Waals surface area (Å²) in [5.74, 6) is -0.666. The molecule has 2 N–H and O–H groups in total. The maximum absolute atomic E-state index is 12.4. The first-order chi connectivity index (χ1) is 11.9. The van der Waals surface area contributed by atoms with Crippen LogP contribution in [0.2, 0.25) is 0 Å². The van der Waals surface area contributed by atoms with Crippen molar-refractivity contribution in [2.75, 3.05) is 11.9 Å². The Morgan fingerprint density at radius 3 is 2.24 bits per heavy atom. The molecule has 25 heavy (non-hydrogen) atoms. The Balaban J connectivity index is 2.25. The lowest BCUT2D eigenvalue weighted by Gasteiger charge is -2.12. The number of nitro groups is 1. The molecule has 0 saturated carbocycles. The molecular weight excluding hydrogens is 322 g/mol. The summed E-state index contributed by atoms with van der Waals surface area (Å²) in [6.45, 7) is 4.45. The fourth-order valence-corrected chi connectivity index (χ4v) is 2.20. The minimum absolute atomic E-state index is 0.0649. The summed E-state index contributed by atoms with van der Waals surface area (Å²) < 4.78 is 0. The monoisotopic (exact) mass is 341 g/mol. The van der Waals surface area contributed by atoms with Crippen LogP contribution < -0.4 is 10.6 Å². The van der Waals surface area contributed by atoms with Crippen LogP contribution in [0.1, 0.15) is 34.6 Å². The Morgan fingerprint density at radius 2 is 1.60 bits per heavy atom. The van der Waals surface area contributed by atoms with E-state index < -0.39 is 10.8 Å². The molecule has 0 bridgehead atoms. The lowest BCUT2D eigenvalue weighted by Crippen LogP contribution is -2.28. The number of nitrogens with zero attached hydrogens (tertiary/aromatic N) is 1. The SMILES string of the molecule is CC(C)CNC(=O)c1ccccc1NC(=O)c1ccccc1[N+](=O)[O-]. The first kappa shape index (κ1) is 18.1. The molecule has 2 aromatic rings. The van der Waals surface area contributed by atoms with Crippen LogP contribution in [-0.2, 0) is 0 Å². The molecular formula is C18H19N3O4. The van der Waals surface area contributed by atoms with Crippen molar-refractivity contribution in [3.63, 3.8) is 0 Å². The topological polar surface area (TPSA) is 101 Å². The summed E-state index contributed by atoms with van der Waals surface area (Å²) in [5, 5.41) is 16.4. The van der Waals surface area contributed by atoms with E-state index in [1.165, 1.54) is 18.2 Å². The largest absolute Gasteiger partial charge is 0.352 e. The zero-order valence-electron chi connectivity index (χ0n) is 14.0. The van der Waals surface area contributed by atoms with Gasteiger partial charge in [-0.25, -0.2) is 0 Å². The summed E-state index contributed by atoms with van der Waals surface area (Å²) in [7, 11) is 0. The van der Waals surface area contributed by atoms with Crippen molar-refractivity contribution >= 4 is 23.2 Å². The van der Waals surface area contributed by atoms with Gasteiger partial charge in [0.25, 0.3) is 17.5 Å². The number of carbonyl (C=O) groups is 2. The fraction of sp³-hybridized carbons (Fsp3) is 0.222. The molecule has 0 saturated heterocycles. The predicted octanol–water partition coefficient (Wildman–Crippen LogP) is 3.23. The molecule has 0 aromatic heterocycles. The maximum Gasteiger partial charge on any atom is 0.282 e. The van der Waals surface area contributed by atoms with E-state index in [2.05, 4.69) is 10.6 Å². The average molecular weight is 341 g/mol. The van der Waals surface area contributed by atoms with Crippen LogP contribution in [0.15, 0.2) is 48.5 Å². The molecule has 0 aliphatic heterocycles. The number of nitrogens with one attached hydrogen (secondary N) is 2. The van der Waals surface area contributed by atoms with Crippen LogP contribution in [0.25, 0.3) is 0 Å². The van der Waals surface area contributed by atoms with Gasteiger partial charge in [-0.3, -0.25) is 19.7 Å². The standard InChI is InChI=1S/C18H19N3O4/c1-12(2)11-19-17(22)13-7-3-5-9-15(13)20-18(23)14-8-4-6-10-16(14)21(24)25/h3-10,12H,11H2,1-2H3,(H,19,22)(H,20,23). The number of anilines is 1. The van der Waals surface area contributed by atoms with Gasteiger partial charge in [0.1, 0.15) is 5.56 Å². The van der Waals surface area contributed by atoms with E-state index in [0.29, 0.717) is 17.8 Å². The number of nitro benzene ring substituents is 1. The van der Waals surface area contributed by atoms with Gasteiger partial charge in [-0.05, 0) is 24.1 Å². The van der Waals surface area contributed by atoms with Crippen molar-refractivity contribution in [2.24, 2.45) is 5.92 Å². The number of amides is 2. The minimum atomic E-state index is -0.642. The van der Waals surface area contributed by atoms with Gasteiger partial charge in [0, 0.05) is 12.6 Å². The lowest BCUT2D eigenvalue weighted by molar-refractivity contribution is -0.385. The Kier molecular flexibility index (Phi) is 5.84. The normalized spacial score (nSPS) is 10.4. The quantitative estimate of drug-likeness (QED) is 0.622. The minimum Gasteiger partial charge on any atom is -0.352 e. The number of hydrogen-bond donors (Lipinski definition) is 2. The molecule has 0 fully saturated rings. The molecule has 2 aromatic carbocycles. The smallest absolute Gasteiger partial charge is 0.282 e. The van der Waals surface area contributed by atoms with E-state index in [0.717, 1.165) is 0 Å². The molecule has 130 valence electrons. The molecule has 0 unspecified atom stereocenters. The highest BCUT2D eigenvalue weighted by Crippen LogP contribution is 2.21. The molecule has 0 aliphatic rings. The zero-order chi connectivity index (χ0) is 18.4. The summed E-state index contributed by atoms with van der Waals surface area (Å²) >= 11 is 0. The van der Waals surface area contributed by atoms with Gasteiger partial charge in [-0.2, -0.15) is 0 Å². The first-order valence-electron chi connectivity index (χ1n) is 7.82. The summed E-state index contributed by atoms with van der Waals surface area (Å²) in [6, 6.07) is 12.2. The highest BCUT2D eigenvalue weighted by molar-refractivity contribution is 6.10. The molecule has 0 heterocycles. The fourth-order valence-electron chi connectivity index (χ4n) is 2.20. The van der Waals surface area contributed by atoms with Crippen molar-refractivity contribution in [1.82, 2.24) is 5.32 Å². The third-order valence-corrected chi connectivity index (χ3v) is 3.44. The maximum atomic E-state index is 12.4. The molecule has 7 nitrogen and oxygen atoms in total. The van der Waals surface area contributed by atoms with Crippen LogP contribution in [0.5, 0.6) is 0 Å². The third kappa shape index (κ3) is 4.63. The Labute approximate surface area is 145 Å². The molecule has 0 atom stereocenters. The van der Waals surface area contributed by atoms with Gasteiger partial charge in [-0.15, -0.1) is 0 Å². The van der Waals surface area contributed by atoms with Crippen molar-refractivity contribution in [3.8, 4) is 0 Å². The zero-order valence-corrected chi connectivity index (χ0v) is 14.0. The molecule has 0 spiro atoms. The van der Waals surface area contributed by atoms with Crippen LogP contribution in [0.3, 0.4) is 0 Å². The Hall–Kier alpha value is -3.22.